The fraction of sp³-hybridized carbons (Fsp3) is 0.486. The van der Waals surface area contributed by atoms with Crippen LogP contribution in [0.1, 0.15) is 42.5 Å². The van der Waals surface area contributed by atoms with Crippen LogP contribution in [0.25, 0.3) is 22.5 Å². The van der Waals surface area contributed by atoms with Gasteiger partial charge in [0.05, 0.1) is 47.7 Å². The van der Waals surface area contributed by atoms with Crippen LogP contribution in [0, 0.1) is 29.0 Å². The Labute approximate surface area is 273 Å². The lowest BCUT2D eigenvalue weighted by molar-refractivity contribution is -0.0205. The maximum Gasteiger partial charge on any atom is 0.319 e. The Bertz CT molecular complexity index is 1770. The van der Waals surface area contributed by atoms with Crippen LogP contribution in [-0.2, 0) is 4.74 Å². The molecule has 9 nitrogen and oxygen atoms in total. The molecular formula is C35H39FN6O3S. The van der Waals surface area contributed by atoms with Crippen LogP contribution < -0.4 is 15.0 Å². The molecule has 46 heavy (non-hydrogen) atoms. The van der Waals surface area contributed by atoms with E-state index in [2.05, 4.69) is 39.4 Å². The van der Waals surface area contributed by atoms with Gasteiger partial charge in [-0.15, -0.1) is 6.42 Å². The summed E-state index contributed by atoms with van der Waals surface area (Å²) in [6, 6.07) is 6.74. The zero-order valence-corrected chi connectivity index (χ0v) is 27.1. The third kappa shape index (κ3) is 5.25. The maximum atomic E-state index is 15.1. The van der Waals surface area contributed by atoms with Crippen molar-refractivity contribution in [3.05, 3.63) is 46.9 Å². The average Bonchev–Trinajstić information content (AvgIpc) is 3.76. The summed E-state index contributed by atoms with van der Waals surface area (Å²) in [5.74, 6) is 3.06. The summed E-state index contributed by atoms with van der Waals surface area (Å²) >= 11 is 1.59. The maximum absolute atomic E-state index is 15.1. The average molecular weight is 643 g/mol. The molecule has 240 valence electrons. The molecule has 3 aromatic rings. The number of aromatic nitrogens is 2. The quantitative estimate of drug-likeness (QED) is 0.269. The first-order chi connectivity index (χ1) is 22.3. The molecule has 5 aliphatic rings. The van der Waals surface area contributed by atoms with E-state index >= 15 is 4.39 Å². The van der Waals surface area contributed by atoms with Crippen molar-refractivity contribution in [1.29, 1.82) is 0 Å². The van der Waals surface area contributed by atoms with Gasteiger partial charge in [0.2, 0.25) is 0 Å². The first-order valence-electron chi connectivity index (χ1n) is 16.1. The van der Waals surface area contributed by atoms with E-state index in [1.807, 2.05) is 6.08 Å². The van der Waals surface area contributed by atoms with E-state index in [0.29, 0.717) is 47.6 Å². The predicted molar refractivity (Wildman–Crippen MR) is 178 cm³/mol. The van der Waals surface area contributed by atoms with Gasteiger partial charge in [0.1, 0.15) is 11.6 Å². The molecule has 0 bridgehead atoms. The van der Waals surface area contributed by atoms with Gasteiger partial charge < -0.3 is 34.0 Å². The highest BCUT2D eigenvalue weighted by molar-refractivity contribution is 7.97. The first-order valence-corrected chi connectivity index (χ1v) is 16.9. The van der Waals surface area contributed by atoms with Gasteiger partial charge in [0.15, 0.2) is 5.82 Å². The number of rotatable bonds is 8. The molecule has 3 saturated heterocycles. The van der Waals surface area contributed by atoms with Crippen LogP contribution in [0.2, 0.25) is 0 Å². The summed E-state index contributed by atoms with van der Waals surface area (Å²) in [7, 11) is 4.19. The minimum atomic E-state index is -0.471. The van der Waals surface area contributed by atoms with Crippen LogP contribution in [-0.4, -0.2) is 97.0 Å². The van der Waals surface area contributed by atoms with Crippen molar-refractivity contribution in [2.24, 2.45) is 10.8 Å². The summed E-state index contributed by atoms with van der Waals surface area (Å²) < 4.78 is 29.4. The van der Waals surface area contributed by atoms with Crippen molar-refractivity contribution in [3.8, 4) is 24.1 Å². The number of halogens is 1. The molecule has 4 fully saturated rings. The van der Waals surface area contributed by atoms with E-state index in [9.17, 15) is 5.11 Å². The number of piperidine rings is 1. The molecule has 8 rings (SSSR count). The van der Waals surface area contributed by atoms with Crippen molar-refractivity contribution in [2.75, 3.05) is 71.5 Å². The summed E-state index contributed by atoms with van der Waals surface area (Å²) in [6.45, 7) is 6.63. The minimum Gasteiger partial charge on any atom is -0.508 e. The Morgan fingerprint density at radius 1 is 1.17 bits per heavy atom. The molecule has 1 saturated carbocycles. The van der Waals surface area contributed by atoms with Crippen molar-refractivity contribution in [1.82, 2.24) is 24.5 Å². The molecule has 1 aromatic heterocycles. The third-order valence-corrected chi connectivity index (χ3v) is 11.5. The monoisotopic (exact) mass is 642 g/mol. The molecule has 1 spiro atoms. The molecule has 0 amide bonds. The number of aromatic hydroxyl groups is 1. The number of benzene rings is 2. The number of anilines is 1. The number of nitrogens with zero attached hydrogens (tertiary/aromatic N) is 5. The highest BCUT2D eigenvalue weighted by Crippen LogP contribution is 2.50. The summed E-state index contributed by atoms with van der Waals surface area (Å²) in [4.78, 5) is 15.7. The largest absolute Gasteiger partial charge is 0.508 e. The topological polar surface area (TPSA) is 86.2 Å². The Kier molecular flexibility index (Phi) is 7.33. The fourth-order valence-electron chi connectivity index (χ4n) is 7.27. The van der Waals surface area contributed by atoms with Crippen molar-refractivity contribution < 1.29 is 19.0 Å². The van der Waals surface area contributed by atoms with Crippen LogP contribution in [0.5, 0.6) is 11.8 Å². The highest BCUT2D eigenvalue weighted by atomic mass is 32.2. The molecule has 5 heterocycles. The van der Waals surface area contributed by atoms with Gasteiger partial charge in [-0.25, -0.2) is 4.39 Å². The van der Waals surface area contributed by atoms with Crippen LogP contribution in [0.4, 0.5) is 10.2 Å². The van der Waals surface area contributed by atoms with E-state index in [1.165, 1.54) is 6.07 Å². The second-order valence-electron chi connectivity index (χ2n) is 14.0. The Balaban J connectivity index is 1.25. The Hall–Kier alpha value is -3.56. The molecule has 11 heteroatoms. The van der Waals surface area contributed by atoms with E-state index in [0.717, 1.165) is 80.5 Å². The number of hydrogen-bond donors (Lipinski definition) is 2. The number of phenols is 1. The number of hydrogen-bond acceptors (Lipinski definition) is 10. The van der Waals surface area contributed by atoms with E-state index in [1.54, 1.807) is 30.1 Å². The smallest absolute Gasteiger partial charge is 0.319 e. The number of phenolic OH excluding ortho intramolecular Hbond substituents is 1. The minimum absolute atomic E-state index is 0.0693. The van der Waals surface area contributed by atoms with Crippen LogP contribution in [0.3, 0.4) is 0 Å². The van der Waals surface area contributed by atoms with Crippen molar-refractivity contribution in [2.45, 2.75) is 36.6 Å². The number of terminal acetylenes is 1. The van der Waals surface area contributed by atoms with Gasteiger partial charge in [-0.1, -0.05) is 12.0 Å². The molecule has 2 N–H and O–H groups in total. The number of fused-ring (bicyclic) bond motifs is 2. The summed E-state index contributed by atoms with van der Waals surface area (Å²) in [5.41, 5.74) is 2.87. The van der Waals surface area contributed by atoms with Crippen molar-refractivity contribution in [3.63, 3.8) is 0 Å². The van der Waals surface area contributed by atoms with Gasteiger partial charge in [0.25, 0.3) is 0 Å². The Morgan fingerprint density at radius 3 is 2.59 bits per heavy atom. The normalized spacial score (nSPS) is 21.4. The van der Waals surface area contributed by atoms with E-state index in [-0.39, 0.29) is 22.8 Å². The van der Waals surface area contributed by atoms with Crippen molar-refractivity contribution >= 4 is 40.3 Å². The lowest BCUT2D eigenvalue weighted by atomic mass is 9.73. The van der Waals surface area contributed by atoms with E-state index in [4.69, 9.17) is 25.9 Å². The second kappa shape index (κ2) is 11.3. The molecule has 0 unspecified atom stereocenters. The van der Waals surface area contributed by atoms with Gasteiger partial charge in [0, 0.05) is 49.1 Å². The second-order valence-corrected chi connectivity index (χ2v) is 14.9. The summed E-state index contributed by atoms with van der Waals surface area (Å²) in [5, 5.41) is 15.5. The summed E-state index contributed by atoms with van der Waals surface area (Å²) in [6.07, 6.45) is 12.4. The van der Waals surface area contributed by atoms with Gasteiger partial charge in [-0.3, -0.25) is 0 Å². The van der Waals surface area contributed by atoms with Crippen LogP contribution >= 0.6 is 11.9 Å². The lowest BCUT2D eigenvalue weighted by Gasteiger charge is -2.49. The number of nitrogens with one attached hydrogen (secondary N) is 1. The fourth-order valence-corrected chi connectivity index (χ4v) is 8.44. The molecule has 1 aliphatic carbocycles. The Morgan fingerprint density at radius 2 is 1.96 bits per heavy atom. The van der Waals surface area contributed by atoms with Crippen LogP contribution in [0.15, 0.2) is 29.2 Å². The zero-order chi connectivity index (χ0) is 31.6. The molecule has 2 aromatic carbocycles. The predicted octanol–water partition coefficient (Wildman–Crippen LogP) is 4.59. The lowest BCUT2D eigenvalue weighted by Crippen LogP contribution is -2.58. The zero-order valence-electron chi connectivity index (χ0n) is 26.3. The van der Waals surface area contributed by atoms with E-state index < -0.39 is 5.82 Å². The number of ether oxygens (including phenoxy) is 2. The molecular weight excluding hydrogens is 603 g/mol. The molecule has 0 atom stereocenters. The SMILES string of the molecule is C#Cc1c(F)ccc2cc(O)cc(C3=Cc4nc(OCC5(CN(C)C)CC5)nc(N5CCC6(CC5)CNC6)c4SN3C3COC3)c12. The third-order valence-electron chi connectivity index (χ3n) is 10.2. The highest BCUT2D eigenvalue weighted by Gasteiger charge is 2.45. The van der Waals surface area contributed by atoms with Gasteiger partial charge in [-0.05, 0) is 86.8 Å². The molecule has 4 aliphatic heterocycles. The van der Waals surface area contributed by atoms with Gasteiger partial charge in [-0.2, -0.15) is 9.97 Å². The standard InChI is InChI=1S/C35H39FN6O3S/c1-4-25-27(36)6-5-22-13-24(43)14-26(30(22)25)29-15-28-31(46-42(29)23-16-44-17-23)32(41-11-9-34(10-12-41)18-37-19-34)39-33(38-28)45-21-35(7-8-35)20-40(2)3/h1,5-6,13-15,23,37,43H,7-12,16-21H2,2-3H3. The first kappa shape index (κ1) is 29.8. The van der Waals surface area contributed by atoms with Gasteiger partial charge >= 0.3 is 6.01 Å². The molecule has 0 radical (unpaired) electrons.